The van der Waals surface area contributed by atoms with E-state index in [4.69, 9.17) is 0 Å². The van der Waals surface area contributed by atoms with Crippen molar-refractivity contribution in [3.63, 3.8) is 0 Å². The summed E-state index contributed by atoms with van der Waals surface area (Å²) in [5.41, 5.74) is -0.422. The van der Waals surface area contributed by atoms with Crippen LogP contribution in [0, 0.1) is 0 Å². The third kappa shape index (κ3) is 4.78. The van der Waals surface area contributed by atoms with Crippen LogP contribution in [0.5, 0.6) is 0 Å². The molecule has 2 unspecified atom stereocenters. The number of amides is 1. The average molecular weight is 398 g/mol. The second kappa shape index (κ2) is 8.29. The van der Waals surface area contributed by atoms with Crippen LogP contribution >= 0.6 is 0 Å². The quantitative estimate of drug-likeness (QED) is 0.826. The number of anilines is 2. The van der Waals surface area contributed by atoms with Crippen LogP contribution < -0.4 is 10.2 Å². The number of likely N-dealkylation sites (tertiary alicyclic amines) is 1. The molecule has 8 heteroatoms. The first-order valence-electron chi connectivity index (χ1n) is 9.81. The molecule has 0 bridgehead atoms. The molecule has 5 nitrogen and oxygen atoms in total. The van der Waals surface area contributed by atoms with Crippen molar-refractivity contribution in [2.24, 2.45) is 0 Å². The Morgan fingerprint density at radius 2 is 2.00 bits per heavy atom. The minimum absolute atomic E-state index is 0.0286. The van der Waals surface area contributed by atoms with Gasteiger partial charge in [-0.3, -0.25) is 9.69 Å². The van der Waals surface area contributed by atoms with Crippen molar-refractivity contribution in [3.05, 3.63) is 23.8 Å². The lowest BCUT2D eigenvalue weighted by Gasteiger charge is -2.29. The second-order valence-corrected chi connectivity index (χ2v) is 8.13. The Bertz CT molecular complexity index is 707. The molecule has 2 aliphatic rings. The van der Waals surface area contributed by atoms with Crippen LogP contribution in [0.4, 0.5) is 24.5 Å². The van der Waals surface area contributed by atoms with Crippen molar-refractivity contribution in [2.75, 3.05) is 50.5 Å². The highest BCUT2D eigenvalue weighted by Gasteiger charge is 2.36. The van der Waals surface area contributed by atoms with E-state index >= 15 is 0 Å². The largest absolute Gasteiger partial charge is 0.418 e. The lowest BCUT2D eigenvalue weighted by molar-refractivity contribution is -0.136. The van der Waals surface area contributed by atoms with Gasteiger partial charge in [0.15, 0.2) is 0 Å². The highest BCUT2D eigenvalue weighted by molar-refractivity contribution is 5.93. The van der Waals surface area contributed by atoms with Gasteiger partial charge in [0.05, 0.1) is 17.8 Å². The molecular formula is C20H29F3N4O. The van der Waals surface area contributed by atoms with Crippen LogP contribution in [0.2, 0.25) is 0 Å². The minimum Gasteiger partial charge on any atom is -0.370 e. The van der Waals surface area contributed by atoms with Gasteiger partial charge in [-0.25, -0.2) is 0 Å². The monoisotopic (exact) mass is 398 g/mol. The molecule has 0 aliphatic carbocycles. The number of nitrogens with zero attached hydrogens (tertiary/aromatic N) is 3. The van der Waals surface area contributed by atoms with Gasteiger partial charge in [0.2, 0.25) is 5.91 Å². The fraction of sp³-hybridized carbons (Fsp3) is 0.650. The lowest BCUT2D eigenvalue weighted by Crippen LogP contribution is -2.39. The zero-order valence-electron chi connectivity index (χ0n) is 16.7. The van der Waals surface area contributed by atoms with Crippen LogP contribution in [0.15, 0.2) is 18.2 Å². The van der Waals surface area contributed by atoms with Crippen LogP contribution in [0.25, 0.3) is 0 Å². The molecule has 3 rings (SSSR count). The molecule has 1 aromatic carbocycles. The average Bonchev–Trinajstić information content (AvgIpc) is 3.22. The number of benzene rings is 1. The molecule has 2 fully saturated rings. The number of hydrogen-bond acceptors (Lipinski definition) is 4. The number of carbonyl (C=O) groups is 1. The number of alkyl halides is 3. The van der Waals surface area contributed by atoms with Crippen molar-refractivity contribution in [2.45, 2.75) is 44.4 Å². The fourth-order valence-electron chi connectivity index (χ4n) is 4.29. The molecule has 1 N–H and O–H groups in total. The first kappa shape index (κ1) is 20.9. The molecule has 0 saturated carbocycles. The van der Waals surface area contributed by atoms with Gasteiger partial charge in [0, 0.05) is 30.9 Å². The maximum absolute atomic E-state index is 13.6. The summed E-state index contributed by atoms with van der Waals surface area (Å²) in [6.45, 7) is 4.82. The van der Waals surface area contributed by atoms with E-state index in [9.17, 15) is 18.0 Å². The Kier molecular flexibility index (Phi) is 6.19. The molecule has 2 aliphatic heterocycles. The predicted octanol–water partition coefficient (Wildman–Crippen LogP) is 3.27. The van der Waals surface area contributed by atoms with E-state index in [-0.39, 0.29) is 12.2 Å². The SMILES string of the molecule is CC1CCCN1C1CCN(c2ccc(NC(=O)CN(C)C)c(C(F)(F)F)c2)C1. The Labute approximate surface area is 164 Å². The highest BCUT2D eigenvalue weighted by atomic mass is 19.4. The number of likely N-dealkylation sites (N-methyl/N-ethyl adjacent to an activating group) is 1. The fourth-order valence-corrected chi connectivity index (χ4v) is 4.29. The molecule has 1 aromatic rings. The zero-order chi connectivity index (χ0) is 20.5. The van der Waals surface area contributed by atoms with Crippen molar-refractivity contribution in [3.8, 4) is 0 Å². The Hall–Kier alpha value is -1.80. The van der Waals surface area contributed by atoms with E-state index < -0.39 is 17.6 Å². The summed E-state index contributed by atoms with van der Waals surface area (Å²) >= 11 is 0. The van der Waals surface area contributed by atoms with Crippen LogP contribution in [-0.2, 0) is 11.0 Å². The summed E-state index contributed by atoms with van der Waals surface area (Å²) in [5.74, 6) is -0.465. The normalized spacial score (nSPS) is 23.6. The summed E-state index contributed by atoms with van der Waals surface area (Å²) in [5, 5.41) is 2.40. The van der Waals surface area contributed by atoms with E-state index in [1.807, 2.05) is 4.90 Å². The molecule has 2 saturated heterocycles. The third-order valence-electron chi connectivity index (χ3n) is 5.64. The first-order valence-corrected chi connectivity index (χ1v) is 9.81. The summed E-state index contributed by atoms with van der Waals surface area (Å²) in [6, 6.07) is 5.16. The van der Waals surface area contributed by atoms with Gasteiger partial charge in [-0.2, -0.15) is 13.2 Å². The van der Waals surface area contributed by atoms with Crippen LogP contribution in [0.3, 0.4) is 0 Å². The Morgan fingerprint density at radius 3 is 2.61 bits per heavy atom. The maximum Gasteiger partial charge on any atom is 0.418 e. The molecule has 28 heavy (non-hydrogen) atoms. The summed E-state index contributed by atoms with van der Waals surface area (Å²) in [7, 11) is 3.39. The number of rotatable bonds is 5. The van der Waals surface area contributed by atoms with Gasteiger partial charge in [-0.15, -0.1) is 0 Å². The predicted molar refractivity (Wildman–Crippen MR) is 105 cm³/mol. The summed E-state index contributed by atoms with van der Waals surface area (Å²) in [6.07, 6.45) is -1.18. The number of carbonyl (C=O) groups excluding carboxylic acids is 1. The number of hydrogen-bond donors (Lipinski definition) is 1. The van der Waals surface area contributed by atoms with Gasteiger partial charge in [-0.1, -0.05) is 0 Å². The Balaban J connectivity index is 1.76. The van der Waals surface area contributed by atoms with Gasteiger partial charge in [0.25, 0.3) is 0 Å². The second-order valence-electron chi connectivity index (χ2n) is 8.13. The maximum atomic E-state index is 13.6. The van der Waals surface area contributed by atoms with E-state index in [1.165, 1.54) is 25.0 Å². The molecule has 0 radical (unpaired) electrons. The van der Waals surface area contributed by atoms with E-state index in [0.717, 1.165) is 26.1 Å². The summed E-state index contributed by atoms with van der Waals surface area (Å²) < 4.78 is 40.8. The van der Waals surface area contributed by atoms with E-state index in [2.05, 4.69) is 17.1 Å². The summed E-state index contributed by atoms with van der Waals surface area (Å²) in [4.78, 5) is 18.1. The van der Waals surface area contributed by atoms with Crippen molar-refractivity contribution in [1.29, 1.82) is 0 Å². The minimum atomic E-state index is -4.53. The van der Waals surface area contributed by atoms with Gasteiger partial charge < -0.3 is 15.1 Å². The van der Waals surface area contributed by atoms with Crippen LogP contribution in [0.1, 0.15) is 31.7 Å². The first-order chi connectivity index (χ1) is 13.1. The number of halogens is 3. The molecule has 156 valence electrons. The van der Waals surface area contributed by atoms with Crippen LogP contribution in [-0.4, -0.2) is 68.1 Å². The molecular weight excluding hydrogens is 369 g/mol. The van der Waals surface area contributed by atoms with E-state index in [1.54, 1.807) is 25.1 Å². The lowest BCUT2D eigenvalue weighted by atomic mass is 10.1. The third-order valence-corrected chi connectivity index (χ3v) is 5.64. The van der Waals surface area contributed by atoms with Gasteiger partial charge in [-0.05, 0) is 65.0 Å². The molecule has 0 aromatic heterocycles. The van der Waals surface area contributed by atoms with Gasteiger partial charge >= 0.3 is 6.18 Å². The van der Waals surface area contributed by atoms with E-state index in [0.29, 0.717) is 17.8 Å². The van der Waals surface area contributed by atoms with Gasteiger partial charge in [0.1, 0.15) is 0 Å². The molecule has 1 amide bonds. The van der Waals surface area contributed by atoms with Crippen molar-refractivity contribution >= 4 is 17.3 Å². The van der Waals surface area contributed by atoms with Crippen molar-refractivity contribution in [1.82, 2.24) is 9.80 Å². The zero-order valence-corrected chi connectivity index (χ0v) is 16.7. The molecule has 2 atom stereocenters. The highest BCUT2D eigenvalue weighted by Crippen LogP contribution is 2.38. The smallest absolute Gasteiger partial charge is 0.370 e. The topological polar surface area (TPSA) is 38.8 Å². The molecule has 2 heterocycles. The Morgan fingerprint density at radius 1 is 1.25 bits per heavy atom. The standard InChI is InChI=1S/C20H29F3N4O/c1-14-5-4-9-27(14)16-8-10-26(12-16)15-6-7-18(17(11-15)20(21,22)23)24-19(28)13-25(2)3/h6-7,11,14,16H,4-5,8-10,12-13H2,1-3H3,(H,24,28). The van der Waals surface area contributed by atoms with Crippen molar-refractivity contribution < 1.29 is 18.0 Å². The number of nitrogens with one attached hydrogen (secondary N) is 1. The molecule has 0 spiro atoms.